The van der Waals surface area contributed by atoms with E-state index in [-0.39, 0.29) is 5.91 Å². The van der Waals surface area contributed by atoms with Crippen molar-refractivity contribution in [3.63, 3.8) is 0 Å². The maximum Gasteiger partial charge on any atom is 0.259 e. The predicted octanol–water partition coefficient (Wildman–Crippen LogP) is 3.67. The summed E-state index contributed by atoms with van der Waals surface area (Å²) in [5, 5.41) is 12.3. The van der Waals surface area contributed by atoms with E-state index in [1.807, 2.05) is 49.7 Å². The molecule has 0 spiro atoms. The molecule has 130 valence electrons. The number of halogens is 1. The fraction of sp³-hybridized carbons (Fsp3) is 0.278. The van der Waals surface area contributed by atoms with Crippen LogP contribution in [-0.4, -0.2) is 25.5 Å². The zero-order valence-corrected chi connectivity index (χ0v) is 15.2. The lowest BCUT2D eigenvalue weighted by Crippen LogP contribution is -2.14. The Kier molecular flexibility index (Phi) is 4.90. The minimum atomic E-state index is -0.169. The molecule has 25 heavy (non-hydrogen) atoms. The molecule has 7 heteroatoms. The van der Waals surface area contributed by atoms with E-state index in [2.05, 4.69) is 15.5 Å². The molecular formula is C18H20ClN5O. The molecule has 0 aliphatic carbocycles. The van der Waals surface area contributed by atoms with Gasteiger partial charge in [0.2, 0.25) is 0 Å². The van der Waals surface area contributed by atoms with E-state index in [0.29, 0.717) is 22.8 Å². The van der Waals surface area contributed by atoms with Gasteiger partial charge < -0.3 is 5.32 Å². The van der Waals surface area contributed by atoms with Gasteiger partial charge in [0.1, 0.15) is 0 Å². The standard InChI is InChI=1S/C18H20ClN5O/c1-4-24-13(3)17(12(2)22-24)18(25)21-16-9-20-23(11-16)10-14-6-5-7-15(19)8-14/h5-9,11H,4,10H2,1-3H3,(H,21,25). The van der Waals surface area contributed by atoms with Crippen molar-refractivity contribution >= 4 is 23.2 Å². The van der Waals surface area contributed by atoms with Crippen LogP contribution < -0.4 is 5.32 Å². The highest BCUT2D eigenvalue weighted by Crippen LogP contribution is 2.17. The summed E-state index contributed by atoms with van der Waals surface area (Å²) in [6, 6.07) is 7.62. The molecule has 2 heterocycles. The van der Waals surface area contributed by atoms with Crippen molar-refractivity contribution in [2.24, 2.45) is 0 Å². The Morgan fingerprint density at radius 2 is 2.12 bits per heavy atom. The zero-order chi connectivity index (χ0) is 18.0. The van der Waals surface area contributed by atoms with Crippen LogP contribution in [0.1, 0.15) is 34.2 Å². The minimum absolute atomic E-state index is 0.169. The van der Waals surface area contributed by atoms with Gasteiger partial charge in [-0.05, 0) is 38.5 Å². The number of anilines is 1. The zero-order valence-electron chi connectivity index (χ0n) is 14.5. The average molecular weight is 358 g/mol. The maximum atomic E-state index is 12.6. The monoisotopic (exact) mass is 357 g/mol. The molecule has 0 unspecified atom stereocenters. The third-order valence-corrected chi connectivity index (χ3v) is 4.27. The molecule has 1 N–H and O–H groups in total. The van der Waals surface area contributed by atoms with Gasteiger partial charge in [-0.2, -0.15) is 10.2 Å². The highest BCUT2D eigenvalue weighted by molar-refractivity contribution is 6.30. The molecule has 1 aromatic carbocycles. The summed E-state index contributed by atoms with van der Waals surface area (Å²) in [6.07, 6.45) is 3.44. The van der Waals surface area contributed by atoms with Crippen molar-refractivity contribution in [1.82, 2.24) is 19.6 Å². The van der Waals surface area contributed by atoms with Crippen LogP contribution in [0.15, 0.2) is 36.7 Å². The number of hydrogen-bond acceptors (Lipinski definition) is 3. The summed E-state index contributed by atoms with van der Waals surface area (Å²) in [5.41, 5.74) is 3.90. The van der Waals surface area contributed by atoms with Gasteiger partial charge in [0.25, 0.3) is 5.91 Å². The number of benzene rings is 1. The largest absolute Gasteiger partial charge is 0.319 e. The molecule has 0 aliphatic heterocycles. The lowest BCUT2D eigenvalue weighted by molar-refractivity contribution is 0.102. The van der Waals surface area contributed by atoms with Crippen LogP contribution in [0.2, 0.25) is 5.02 Å². The van der Waals surface area contributed by atoms with Gasteiger partial charge >= 0.3 is 0 Å². The van der Waals surface area contributed by atoms with Crippen molar-refractivity contribution in [3.05, 3.63) is 64.2 Å². The fourth-order valence-corrected chi connectivity index (χ4v) is 3.08. The summed E-state index contributed by atoms with van der Waals surface area (Å²) in [7, 11) is 0. The van der Waals surface area contributed by atoms with Crippen LogP contribution in [0.25, 0.3) is 0 Å². The average Bonchev–Trinajstić information content (AvgIpc) is 3.11. The third-order valence-electron chi connectivity index (χ3n) is 4.03. The normalized spacial score (nSPS) is 10.9. The van der Waals surface area contributed by atoms with Crippen LogP contribution in [0.3, 0.4) is 0 Å². The topological polar surface area (TPSA) is 64.7 Å². The Balaban J connectivity index is 1.73. The van der Waals surface area contributed by atoms with E-state index in [4.69, 9.17) is 11.6 Å². The van der Waals surface area contributed by atoms with Gasteiger partial charge in [-0.3, -0.25) is 14.2 Å². The molecule has 3 aromatic rings. The Hall–Kier alpha value is -2.60. The maximum absolute atomic E-state index is 12.6. The second-order valence-corrected chi connectivity index (χ2v) is 6.31. The summed E-state index contributed by atoms with van der Waals surface area (Å²) in [6.45, 7) is 7.07. The van der Waals surface area contributed by atoms with Gasteiger partial charge in [0, 0.05) is 23.5 Å². The van der Waals surface area contributed by atoms with Crippen LogP contribution in [0.5, 0.6) is 0 Å². The third kappa shape index (κ3) is 3.74. The summed E-state index contributed by atoms with van der Waals surface area (Å²) in [5.74, 6) is -0.169. The Bertz CT molecular complexity index is 912. The quantitative estimate of drug-likeness (QED) is 0.757. The molecule has 0 aliphatic rings. The highest BCUT2D eigenvalue weighted by Gasteiger charge is 2.18. The molecule has 2 aromatic heterocycles. The number of carbonyl (C=O) groups is 1. The minimum Gasteiger partial charge on any atom is -0.319 e. The Morgan fingerprint density at radius 1 is 1.32 bits per heavy atom. The molecule has 0 fully saturated rings. The van der Waals surface area contributed by atoms with Crippen LogP contribution in [-0.2, 0) is 13.1 Å². The lowest BCUT2D eigenvalue weighted by atomic mass is 10.2. The Morgan fingerprint density at radius 3 is 2.80 bits per heavy atom. The van der Waals surface area contributed by atoms with Crippen LogP contribution >= 0.6 is 11.6 Å². The van der Waals surface area contributed by atoms with Gasteiger partial charge in [-0.15, -0.1) is 0 Å². The van der Waals surface area contributed by atoms with E-state index in [1.54, 1.807) is 17.1 Å². The van der Waals surface area contributed by atoms with E-state index >= 15 is 0 Å². The van der Waals surface area contributed by atoms with Gasteiger partial charge in [-0.1, -0.05) is 23.7 Å². The second kappa shape index (κ2) is 7.11. The van der Waals surface area contributed by atoms with E-state index < -0.39 is 0 Å². The van der Waals surface area contributed by atoms with Crippen molar-refractivity contribution in [3.8, 4) is 0 Å². The molecule has 0 saturated carbocycles. The first kappa shape index (κ1) is 17.2. The molecule has 0 radical (unpaired) electrons. The van der Waals surface area contributed by atoms with Gasteiger partial charge in [0.05, 0.1) is 29.7 Å². The first-order chi connectivity index (χ1) is 12.0. The number of aryl methyl sites for hydroxylation is 2. The van der Waals surface area contributed by atoms with Crippen molar-refractivity contribution in [1.29, 1.82) is 0 Å². The number of rotatable bonds is 5. The van der Waals surface area contributed by atoms with Crippen molar-refractivity contribution in [2.75, 3.05) is 5.32 Å². The fourth-order valence-electron chi connectivity index (χ4n) is 2.86. The van der Waals surface area contributed by atoms with Crippen LogP contribution in [0.4, 0.5) is 5.69 Å². The molecule has 0 atom stereocenters. The van der Waals surface area contributed by atoms with Gasteiger partial charge in [-0.25, -0.2) is 0 Å². The molecule has 1 amide bonds. The highest BCUT2D eigenvalue weighted by atomic mass is 35.5. The first-order valence-corrected chi connectivity index (χ1v) is 8.48. The number of nitrogens with one attached hydrogen (secondary N) is 1. The lowest BCUT2D eigenvalue weighted by Gasteiger charge is -2.04. The number of hydrogen-bond donors (Lipinski definition) is 1. The van der Waals surface area contributed by atoms with Crippen LogP contribution in [0, 0.1) is 13.8 Å². The van der Waals surface area contributed by atoms with E-state index in [1.165, 1.54) is 0 Å². The molecule has 0 saturated heterocycles. The summed E-state index contributed by atoms with van der Waals surface area (Å²) in [4.78, 5) is 12.6. The van der Waals surface area contributed by atoms with Crippen molar-refractivity contribution in [2.45, 2.75) is 33.9 Å². The van der Waals surface area contributed by atoms with E-state index in [9.17, 15) is 4.79 Å². The molecule has 3 rings (SSSR count). The SMILES string of the molecule is CCn1nc(C)c(C(=O)Nc2cnn(Cc3cccc(Cl)c3)c2)c1C. The van der Waals surface area contributed by atoms with E-state index in [0.717, 1.165) is 23.5 Å². The number of carbonyl (C=O) groups excluding carboxylic acids is 1. The first-order valence-electron chi connectivity index (χ1n) is 8.10. The number of amides is 1. The molecule has 6 nitrogen and oxygen atoms in total. The molecular weight excluding hydrogens is 338 g/mol. The van der Waals surface area contributed by atoms with Gasteiger partial charge in [0.15, 0.2) is 0 Å². The number of nitrogens with zero attached hydrogens (tertiary/aromatic N) is 4. The molecule has 0 bridgehead atoms. The smallest absolute Gasteiger partial charge is 0.259 e. The summed E-state index contributed by atoms with van der Waals surface area (Å²) >= 11 is 6.00. The summed E-state index contributed by atoms with van der Waals surface area (Å²) < 4.78 is 3.59. The second-order valence-electron chi connectivity index (χ2n) is 5.87. The predicted molar refractivity (Wildman–Crippen MR) is 98.1 cm³/mol. The Labute approximate surface area is 151 Å². The van der Waals surface area contributed by atoms with Crippen molar-refractivity contribution < 1.29 is 4.79 Å². The number of aromatic nitrogens is 4.